The quantitative estimate of drug-likeness (QED) is 0.519. The summed E-state index contributed by atoms with van der Waals surface area (Å²) < 4.78 is 10.4. The van der Waals surface area contributed by atoms with E-state index in [0.29, 0.717) is 17.6 Å². The number of carbonyl (C=O) groups excluding carboxylic acids is 1. The molecule has 0 saturated carbocycles. The van der Waals surface area contributed by atoms with E-state index in [-0.39, 0.29) is 5.97 Å². The highest BCUT2D eigenvalue weighted by molar-refractivity contribution is 5.69. The van der Waals surface area contributed by atoms with Crippen molar-refractivity contribution in [1.29, 1.82) is 0 Å². The molecule has 0 aliphatic heterocycles. The van der Waals surface area contributed by atoms with Crippen molar-refractivity contribution in [3.8, 4) is 11.5 Å². The van der Waals surface area contributed by atoms with Crippen LogP contribution in [-0.4, -0.2) is 13.1 Å². The maximum atomic E-state index is 11.1. The summed E-state index contributed by atoms with van der Waals surface area (Å²) in [5.74, 6) is 2.10. The van der Waals surface area contributed by atoms with Gasteiger partial charge in [-0.3, -0.25) is 4.79 Å². The van der Waals surface area contributed by atoms with Crippen LogP contribution >= 0.6 is 0 Å². The highest BCUT2D eigenvalue weighted by atomic mass is 16.5. The number of rotatable bonds is 7. The Morgan fingerprint density at radius 3 is 1.88 bits per heavy atom. The van der Waals surface area contributed by atoms with Crippen LogP contribution in [0, 0.1) is 5.92 Å². The molecule has 0 saturated heterocycles. The van der Waals surface area contributed by atoms with Crippen LogP contribution in [0.1, 0.15) is 50.7 Å². The van der Waals surface area contributed by atoms with Gasteiger partial charge < -0.3 is 9.47 Å². The average molecular weight is 326 g/mol. The fourth-order valence-corrected chi connectivity index (χ4v) is 2.80. The third-order valence-electron chi connectivity index (χ3n) is 4.40. The first-order valence-corrected chi connectivity index (χ1v) is 8.45. The van der Waals surface area contributed by atoms with E-state index in [1.165, 1.54) is 18.1 Å². The molecular weight excluding hydrogens is 300 g/mol. The lowest BCUT2D eigenvalue weighted by Gasteiger charge is -2.22. The molecule has 2 atom stereocenters. The second-order valence-electron chi connectivity index (χ2n) is 6.24. The summed E-state index contributed by atoms with van der Waals surface area (Å²) in [4.78, 5) is 11.1. The zero-order valence-corrected chi connectivity index (χ0v) is 14.9. The van der Waals surface area contributed by atoms with Crippen LogP contribution in [0.15, 0.2) is 48.5 Å². The van der Waals surface area contributed by atoms with Crippen molar-refractivity contribution < 1.29 is 14.3 Å². The van der Waals surface area contributed by atoms with Gasteiger partial charge in [0.2, 0.25) is 0 Å². The lowest BCUT2D eigenvalue weighted by molar-refractivity contribution is -0.131. The van der Waals surface area contributed by atoms with Gasteiger partial charge in [0.1, 0.15) is 11.5 Å². The summed E-state index contributed by atoms with van der Waals surface area (Å²) in [6.45, 7) is 5.92. The summed E-state index contributed by atoms with van der Waals surface area (Å²) >= 11 is 0. The van der Waals surface area contributed by atoms with Crippen molar-refractivity contribution in [3.63, 3.8) is 0 Å². The number of ether oxygens (including phenoxy) is 2. The number of methoxy groups -OCH3 is 1. The lowest BCUT2D eigenvalue weighted by Crippen LogP contribution is -2.07. The third-order valence-corrected chi connectivity index (χ3v) is 4.40. The van der Waals surface area contributed by atoms with Gasteiger partial charge in [-0.15, -0.1) is 0 Å². The van der Waals surface area contributed by atoms with E-state index < -0.39 is 0 Å². The summed E-state index contributed by atoms with van der Waals surface area (Å²) in [6, 6.07) is 16.1. The van der Waals surface area contributed by atoms with E-state index >= 15 is 0 Å². The van der Waals surface area contributed by atoms with Gasteiger partial charge in [-0.1, -0.05) is 44.5 Å². The third kappa shape index (κ3) is 4.85. The highest BCUT2D eigenvalue weighted by Crippen LogP contribution is 2.33. The van der Waals surface area contributed by atoms with Crippen LogP contribution in [0.3, 0.4) is 0 Å². The van der Waals surface area contributed by atoms with Crippen molar-refractivity contribution in [3.05, 3.63) is 59.7 Å². The normalized spacial score (nSPS) is 13.2. The number of carbonyl (C=O) groups is 1. The topological polar surface area (TPSA) is 35.5 Å². The molecular formula is C21H26O3. The Morgan fingerprint density at radius 2 is 1.46 bits per heavy atom. The van der Waals surface area contributed by atoms with Crippen LogP contribution in [0.5, 0.6) is 11.5 Å². The molecule has 24 heavy (non-hydrogen) atoms. The SMILES string of the molecule is CCC(C)CC(c1ccc(OC)cc1)c1ccc(OC(C)=O)cc1. The van der Waals surface area contributed by atoms with Gasteiger partial charge in [-0.05, 0) is 47.7 Å². The van der Waals surface area contributed by atoms with Crippen LogP contribution in [0.25, 0.3) is 0 Å². The van der Waals surface area contributed by atoms with Crippen LogP contribution in [-0.2, 0) is 4.79 Å². The highest BCUT2D eigenvalue weighted by Gasteiger charge is 2.17. The van der Waals surface area contributed by atoms with Gasteiger partial charge in [0.15, 0.2) is 0 Å². The molecule has 0 fully saturated rings. The average Bonchev–Trinajstić information content (AvgIpc) is 2.60. The van der Waals surface area contributed by atoms with Crippen LogP contribution in [0.4, 0.5) is 0 Å². The molecule has 0 aliphatic carbocycles. The molecule has 0 amide bonds. The number of esters is 1. The van der Waals surface area contributed by atoms with E-state index in [2.05, 4.69) is 38.1 Å². The molecule has 2 aromatic rings. The minimum absolute atomic E-state index is 0.297. The van der Waals surface area contributed by atoms with Crippen molar-refractivity contribution in [2.24, 2.45) is 5.92 Å². The maximum absolute atomic E-state index is 11.1. The largest absolute Gasteiger partial charge is 0.497 e. The summed E-state index contributed by atoms with van der Waals surface area (Å²) in [6.07, 6.45) is 2.23. The minimum atomic E-state index is -0.297. The molecule has 0 bridgehead atoms. The fraction of sp³-hybridized carbons (Fsp3) is 0.381. The zero-order valence-electron chi connectivity index (χ0n) is 14.9. The molecule has 0 spiro atoms. The summed E-state index contributed by atoms with van der Waals surface area (Å²) in [7, 11) is 1.68. The predicted octanol–water partition coefficient (Wildman–Crippen LogP) is 5.19. The Balaban J connectivity index is 2.29. The first-order chi connectivity index (χ1) is 11.5. The minimum Gasteiger partial charge on any atom is -0.497 e. The Morgan fingerprint density at radius 1 is 0.958 bits per heavy atom. The molecule has 2 unspecified atom stereocenters. The Hall–Kier alpha value is -2.29. The van der Waals surface area contributed by atoms with Gasteiger partial charge >= 0.3 is 5.97 Å². The van der Waals surface area contributed by atoms with Gasteiger partial charge in [0.05, 0.1) is 7.11 Å². The molecule has 3 heteroatoms. The molecule has 2 rings (SSSR count). The fourth-order valence-electron chi connectivity index (χ4n) is 2.80. The Bertz CT molecular complexity index is 644. The molecule has 0 radical (unpaired) electrons. The molecule has 128 valence electrons. The first-order valence-electron chi connectivity index (χ1n) is 8.45. The molecule has 0 aliphatic rings. The monoisotopic (exact) mass is 326 g/mol. The van der Waals surface area contributed by atoms with Gasteiger partial charge in [0, 0.05) is 12.8 Å². The summed E-state index contributed by atoms with van der Waals surface area (Å²) in [5, 5.41) is 0. The lowest BCUT2D eigenvalue weighted by atomic mass is 9.83. The van der Waals surface area contributed by atoms with Gasteiger partial charge in [0.25, 0.3) is 0 Å². The van der Waals surface area contributed by atoms with E-state index in [1.54, 1.807) is 7.11 Å². The van der Waals surface area contributed by atoms with Gasteiger partial charge in [-0.2, -0.15) is 0 Å². The van der Waals surface area contributed by atoms with Crippen molar-refractivity contribution in [2.45, 2.75) is 39.5 Å². The zero-order chi connectivity index (χ0) is 17.5. The second kappa shape index (κ2) is 8.53. The number of hydrogen-bond acceptors (Lipinski definition) is 3. The molecule has 0 N–H and O–H groups in total. The van der Waals surface area contributed by atoms with Crippen LogP contribution in [0.2, 0.25) is 0 Å². The molecule has 0 heterocycles. The van der Waals surface area contributed by atoms with E-state index in [1.807, 2.05) is 24.3 Å². The standard InChI is InChI=1S/C21H26O3/c1-5-15(2)14-21(17-6-10-19(23-4)11-7-17)18-8-12-20(13-9-18)24-16(3)22/h6-13,15,21H,5,14H2,1-4H3. The Labute approximate surface area is 144 Å². The Kier molecular flexibility index (Phi) is 6.42. The number of hydrogen-bond donors (Lipinski definition) is 0. The molecule has 2 aromatic carbocycles. The molecule has 0 aromatic heterocycles. The van der Waals surface area contributed by atoms with Crippen LogP contribution < -0.4 is 9.47 Å². The predicted molar refractivity (Wildman–Crippen MR) is 96.7 cm³/mol. The first kappa shape index (κ1) is 18.1. The summed E-state index contributed by atoms with van der Waals surface area (Å²) in [5.41, 5.74) is 2.51. The van der Waals surface area contributed by atoms with Crippen molar-refractivity contribution in [2.75, 3.05) is 7.11 Å². The van der Waals surface area contributed by atoms with E-state index in [4.69, 9.17) is 9.47 Å². The van der Waals surface area contributed by atoms with Crippen molar-refractivity contribution in [1.82, 2.24) is 0 Å². The van der Waals surface area contributed by atoms with E-state index in [0.717, 1.165) is 18.6 Å². The van der Waals surface area contributed by atoms with E-state index in [9.17, 15) is 4.79 Å². The second-order valence-corrected chi connectivity index (χ2v) is 6.24. The number of benzene rings is 2. The van der Waals surface area contributed by atoms with Gasteiger partial charge in [-0.25, -0.2) is 0 Å². The maximum Gasteiger partial charge on any atom is 0.308 e. The van der Waals surface area contributed by atoms with Crippen molar-refractivity contribution >= 4 is 5.97 Å². The smallest absolute Gasteiger partial charge is 0.308 e. The molecule has 3 nitrogen and oxygen atoms in total.